The van der Waals surface area contributed by atoms with Gasteiger partial charge in [-0.05, 0) is 76.2 Å². The Kier molecular flexibility index (Phi) is 9.72. The highest BCUT2D eigenvalue weighted by Crippen LogP contribution is 2.25. The second-order valence-corrected chi connectivity index (χ2v) is 9.03. The molecule has 0 unspecified atom stereocenters. The molecule has 4 nitrogen and oxygen atoms in total. The van der Waals surface area contributed by atoms with Crippen molar-refractivity contribution in [1.82, 2.24) is 0 Å². The Morgan fingerprint density at radius 3 is 1.80 bits per heavy atom. The molecule has 4 heteroatoms. The number of aryl methyl sites for hydroxylation is 1. The highest BCUT2D eigenvalue weighted by atomic mass is 16.6. The molecule has 0 radical (unpaired) electrons. The lowest BCUT2D eigenvalue weighted by atomic mass is 9.96. The lowest BCUT2D eigenvalue weighted by Crippen LogP contribution is -2.34. The minimum absolute atomic E-state index is 0.0192. The average molecular weight is 415 g/mol. The fraction of sp³-hybridized carbons (Fsp3) is 0.692. The average Bonchev–Trinajstić information content (AvgIpc) is 2.78. The molecule has 0 saturated heterocycles. The maximum atomic E-state index is 12.9. The van der Waals surface area contributed by atoms with Crippen LogP contribution in [0.25, 0.3) is 0 Å². The minimum Gasteiger partial charge on any atom is -0.462 e. The topological polar surface area (TPSA) is 52.6 Å². The first kappa shape index (κ1) is 22.8. The van der Waals surface area contributed by atoms with Gasteiger partial charge in [0.15, 0.2) is 5.92 Å². The predicted molar refractivity (Wildman–Crippen MR) is 118 cm³/mol. The maximum absolute atomic E-state index is 12.9. The monoisotopic (exact) mass is 414 g/mol. The Morgan fingerprint density at radius 1 is 0.733 bits per heavy atom. The molecule has 2 aliphatic rings. The molecule has 1 aromatic rings. The van der Waals surface area contributed by atoms with Crippen LogP contribution in [0.15, 0.2) is 30.3 Å². The van der Waals surface area contributed by atoms with Crippen molar-refractivity contribution in [3.8, 4) is 0 Å². The van der Waals surface area contributed by atoms with E-state index in [4.69, 9.17) is 9.47 Å². The third-order valence-corrected chi connectivity index (χ3v) is 6.54. The predicted octanol–water partition coefficient (Wildman–Crippen LogP) is 6.16. The summed E-state index contributed by atoms with van der Waals surface area (Å²) in [4.78, 5) is 25.7. The van der Waals surface area contributed by atoms with Gasteiger partial charge in [-0.2, -0.15) is 0 Å². The molecule has 0 amide bonds. The summed E-state index contributed by atoms with van der Waals surface area (Å²) in [6, 6.07) is 10.4. The van der Waals surface area contributed by atoms with E-state index in [2.05, 4.69) is 24.3 Å². The SMILES string of the molecule is O=C(OC1CCCCC1)C(CCCCCc1ccccc1)C(=O)OC1CCCCC1. The summed E-state index contributed by atoms with van der Waals surface area (Å²) in [6.07, 6.45) is 15.0. The van der Waals surface area contributed by atoms with Crippen LogP contribution in [0.1, 0.15) is 95.5 Å². The van der Waals surface area contributed by atoms with Crippen LogP contribution in [0.5, 0.6) is 0 Å². The largest absolute Gasteiger partial charge is 0.462 e. The molecule has 2 fully saturated rings. The molecule has 0 heterocycles. The zero-order chi connectivity index (χ0) is 21.0. The fourth-order valence-corrected chi connectivity index (χ4v) is 4.69. The van der Waals surface area contributed by atoms with Crippen molar-refractivity contribution in [2.24, 2.45) is 5.92 Å². The van der Waals surface area contributed by atoms with Crippen molar-refractivity contribution in [2.75, 3.05) is 0 Å². The summed E-state index contributed by atoms with van der Waals surface area (Å²) in [6.45, 7) is 0. The van der Waals surface area contributed by atoms with E-state index in [9.17, 15) is 9.59 Å². The summed E-state index contributed by atoms with van der Waals surface area (Å²) in [5.74, 6) is -1.47. The van der Waals surface area contributed by atoms with E-state index in [0.29, 0.717) is 6.42 Å². The van der Waals surface area contributed by atoms with E-state index >= 15 is 0 Å². The van der Waals surface area contributed by atoms with Gasteiger partial charge in [0, 0.05) is 0 Å². The second kappa shape index (κ2) is 12.8. The third kappa shape index (κ3) is 7.77. The van der Waals surface area contributed by atoms with Gasteiger partial charge in [-0.3, -0.25) is 9.59 Å². The molecule has 2 saturated carbocycles. The van der Waals surface area contributed by atoms with Crippen LogP contribution in [0.4, 0.5) is 0 Å². The molecule has 30 heavy (non-hydrogen) atoms. The number of ether oxygens (including phenoxy) is 2. The number of hydrogen-bond acceptors (Lipinski definition) is 4. The van der Waals surface area contributed by atoms with Crippen LogP contribution in [0.3, 0.4) is 0 Å². The van der Waals surface area contributed by atoms with Crippen LogP contribution in [-0.4, -0.2) is 24.1 Å². The van der Waals surface area contributed by atoms with Gasteiger partial charge >= 0.3 is 11.9 Å². The lowest BCUT2D eigenvalue weighted by Gasteiger charge is -2.26. The van der Waals surface area contributed by atoms with Gasteiger partial charge in [-0.15, -0.1) is 0 Å². The Morgan fingerprint density at radius 2 is 1.27 bits per heavy atom. The van der Waals surface area contributed by atoms with E-state index in [1.54, 1.807) is 0 Å². The lowest BCUT2D eigenvalue weighted by molar-refractivity contribution is -0.170. The van der Waals surface area contributed by atoms with Crippen molar-refractivity contribution in [1.29, 1.82) is 0 Å². The highest BCUT2D eigenvalue weighted by molar-refractivity contribution is 5.95. The Balaban J connectivity index is 1.48. The number of unbranched alkanes of at least 4 members (excludes halogenated alkanes) is 2. The molecule has 0 aliphatic heterocycles. The minimum atomic E-state index is -0.759. The molecule has 3 rings (SSSR count). The molecule has 0 N–H and O–H groups in total. The van der Waals surface area contributed by atoms with Crippen LogP contribution < -0.4 is 0 Å². The third-order valence-electron chi connectivity index (χ3n) is 6.54. The highest BCUT2D eigenvalue weighted by Gasteiger charge is 2.33. The van der Waals surface area contributed by atoms with Gasteiger partial charge in [-0.1, -0.05) is 56.0 Å². The first-order valence-electron chi connectivity index (χ1n) is 12.2. The second-order valence-electron chi connectivity index (χ2n) is 9.03. The number of rotatable bonds is 10. The molecule has 1 aromatic carbocycles. The van der Waals surface area contributed by atoms with E-state index < -0.39 is 5.92 Å². The molecule has 0 bridgehead atoms. The molecular weight excluding hydrogens is 376 g/mol. The summed E-state index contributed by atoms with van der Waals surface area (Å²) in [5.41, 5.74) is 1.34. The van der Waals surface area contributed by atoms with Crippen molar-refractivity contribution >= 4 is 11.9 Å². The zero-order valence-corrected chi connectivity index (χ0v) is 18.4. The van der Waals surface area contributed by atoms with Crippen LogP contribution in [0.2, 0.25) is 0 Å². The molecule has 0 aromatic heterocycles. The normalized spacial score (nSPS) is 18.3. The fourth-order valence-electron chi connectivity index (χ4n) is 4.69. The summed E-state index contributed by atoms with van der Waals surface area (Å²) >= 11 is 0. The van der Waals surface area contributed by atoms with Crippen molar-refractivity contribution < 1.29 is 19.1 Å². The molecule has 166 valence electrons. The van der Waals surface area contributed by atoms with Crippen molar-refractivity contribution in [2.45, 2.75) is 109 Å². The number of esters is 2. The van der Waals surface area contributed by atoms with E-state index in [1.165, 1.54) is 18.4 Å². The van der Waals surface area contributed by atoms with Crippen LogP contribution in [-0.2, 0) is 25.5 Å². The summed E-state index contributed by atoms with van der Waals surface area (Å²) in [7, 11) is 0. The van der Waals surface area contributed by atoms with E-state index in [1.807, 2.05) is 6.07 Å². The van der Waals surface area contributed by atoms with Gasteiger partial charge < -0.3 is 9.47 Å². The quantitative estimate of drug-likeness (QED) is 0.261. The maximum Gasteiger partial charge on any atom is 0.320 e. The standard InChI is InChI=1S/C26H38O4/c27-25(29-22-16-8-3-9-17-22)24(26(28)30-23-18-10-4-11-19-23)20-12-2-7-15-21-13-5-1-6-14-21/h1,5-6,13-14,22-24H,2-4,7-12,15-20H2. The number of carbonyl (C=O) groups excluding carboxylic acids is 2. The van der Waals surface area contributed by atoms with E-state index in [-0.39, 0.29) is 24.1 Å². The van der Waals surface area contributed by atoms with Gasteiger partial charge in [0.2, 0.25) is 0 Å². The molecule has 0 atom stereocenters. The molecule has 2 aliphatic carbocycles. The number of benzene rings is 1. The Bertz CT molecular complexity index is 598. The number of carbonyl (C=O) groups is 2. The Labute approximate surface area is 181 Å². The smallest absolute Gasteiger partial charge is 0.320 e. The van der Waals surface area contributed by atoms with Gasteiger partial charge in [-0.25, -0.2) is 0 Å². The zero-order valence-electron chi connectivity index (χ0n) is 18.4. The summed E-state index contributed by atoms with van der Waals surface area (Å²) < 4.78 is 11.5. The van der Waals surface area contributed by atoms with Crippen molar-refractivity contribution in [3.63, 3.8) is 0 Å². The molecular formula is C26H38O4. The number of hydrogen-bond donors (Lipinski definition) is 0. The van der Waals surface area contributed by atoms with Gasteiger partial charge in [0.25, 0.3) is 0 Å². The summed E-state index contributed by atoms with van der Waals surface area (Å²) in [5, 5.41) is 0. The van der Waals surface area contributed by atoms with Crippen LogP contribution >= 0.6 is 0 Å². The first-order chi connectivity index (χ1) is 14.7. The van der Waals surface area contributed by atoms with Crippen LogP contribution in [0, 0.1) is 5.92 Å². The van der Waals surface area contributed by atoms with Gasteiger partial charge in [0.05, 0.1) is 0 Å². The van der Waals surface area contributed by atoms with Gasteiger partial charge in [0.1, 0.15) is 12.2 Å². The van der Waals surface area contributed by atoms with Crippen molar-refractivity contribution in [3.05, 3.63) is 35.9 Å². The van der Waals surface area contributed by atoms with E-state index in [0.717, 1.165) is 77.0 Å². The molecule has 0 spiro atoms. The first-order valence-corrected chi connectivity index (χ1v) is 12.2. The Hall–Kier alpha value is -1.84.